The van der Waals surface area contributed by atoms with Crippen LogP contribution in [0.4, 0.5) is 23.1 Å². The first-order chi connectivity index (χ1) is 13.3. The SMILES string of the molecule is CC(C)[C@@H]1CN(C(=O)OC(C)(C)C)CCN1c1nc2ccc(C(F)(F)F)cc2s1. The van der Waals surface area contributed by atoms with Gasteiger partial charge in [-0.2, -0.15) is 13.2 Å². The van der Waals surface area contributed by atoms with Crippen molar-refractivity contribution in [1.82, 2.24) is 9.88 Å². The Kier molecular flexibility index (Phi) is 5.73. The molecule has 1 fully saturated rings. The van der Waals surface area contributed by atoms with E-state index in [0.29, 0.717) is 35.0 Å². The number of anilines is 1. The van der Waals surface area contributed by atoms with Crippen LogP contribution in [0.2, 0.25) is 0 Å². The third-order valence-electron chi connectivity index (χ3n) is 4.79. The van der Waals surface area contributed by atoms with E-state index in [1.165, 1.54) is 17.4 Å². The molecular weight excluding hydrogens is 403 g/mol. The van der Waals surface area contributed by atoms with Crippen molar-refractivity contribution in [3.05, 3.63) is 23.8 Å². The van der Waals surface area contributed by atoms with Gasteiger partial charge in [0.05, 0.1) is 21.8 Å². The number of piperazine rings is 1. The summed E-state index contributed by atoms with van der Waals surface area (Å²) in [5.74, 6) is 0.220. The van der Waals surface area contributed by atoms with Crippen LogP contribution in [0.15, 0.2) is 18.2 Å². The lowest BCUT2D eigenvalue weighted by Gasteiger charge is -2.43. The Balaban J connectivity index is 1.84. The fourth-order valence-corrected chi connectivity index (χ4v) is 4.41. The molecule has 1 atom stereocenters. The molecule has 0 aliphatic carbocycles. The van der Waals surface area contributed by atoms with Crippen molar-refractivity contribution >= 4 is 32.8 Å². The summed E-state index contributed by atoms with van der Waals surface area (Å²) in [4.78, 5) is 20.8. The molecule has 29 heavy (non-hydrogen) atoms. The van der Waals surface area contributed by atoms with Crippen LogP contribution >= 0.6 is 11.3 Å². The summed E-state index contributed by atoms with van der Waals surface area (Å²) in [5, 5.41) is 0.682. The van der Waals surface area contributed by atoms with E-state index >= 15 is 0 Å². The Hall–Kier alpha value is -2.03. The van der Waals surface area contributed by atoms with E-state index < -0.39 is 17.3 Å². The van der Waals surface area contributed by atoms with Crippen LogP contribution in [0, 0.1) is 5.92 Å². The molecule has 0 bridgehead atoms. The number of fused-ring (bicyclic) bond motifs is 1. The third-order valence-corrected chi connectivity index (χ3v) is 5.85. The number of hydrogen-bond acceptors (Lipinski definition) is 5. The second-order valence-electron chi connectivity index (χ2n) is 8.61. The molecule has 1 aromatic heterocycles. The highest BCUT2D eigenvalue weighted by molar-refractivity contribution is 7.22. The molecule has 2 heterocycles. The van der Waals surface area contributed by atoms with Crippen molar-refractivity contribution in [3.8, 4) is 0 Å². The van der Waals surface area contributed by atoms with Gasteiger partial charge < -0.3 is 14.5 Å². The highest BCUT2D eigenvalue weighted by Crippen LogP contribution is 2.37. The number of thiazole rings is 1. The van der Waals surface area contributed by atoms with Crippen LogP contribution in [-0.2, 0) is 10.9 Å². The van der Waals surface area contributed by atoms with Crippen molar-refractivity contribution < 1.29 is 22.7 Å². The van der Waals surface area contributed by atoms with Gasteiger partial charge >= 0.3 is 12.3 Å². The molecule has 1 aliphatic heterocycles. The van der Waals surface area contributed by atoms with Crippen LogP contribution in [-0.4, -0.2) is 47.3 Å². The highest BCUT2D eigenvalue weighted by Gasteiger charge is 2.35. The van der Waals surface area contributed by atoms with Gasteiger partial charge in [0, 0.05) is 19.6 Å². The molecule has 3 rings (SSSR count). The van der Waals surface area contributed by atoms with Crippen LogP contribution in [0.3, 0.4) is 0 Å². The summed E-state index contributed by atoms with van der Waals surface area (Å²) < 4.78 is 45.0. The lowest BCUT2D eigenvalue weighted by molar-refractivity contribution is -0.137. The van der Waals surface area contributed by atoms with Crippen LogP contribution in [0.1, 0.15) is 40.2 Å². The molecule has 160 valence electrons. The molecule has 1 amide bonds. The van der Waals surface area contributed by atoms with Gasteiger partial charge in [-0.25, -0.2) is 9.78 Å². The van der Waals surface area contributed by atoms with E-state index in [1.807, 2.05) is 20.8 Å². The van der Waals surface area contributed by atoms with Gasteiger partial charge in [0.2, 0.25) is 0 Å². The van der Waals surface area contributed by atoms with E-state index in [9.17, 15) is 18.0 Å². The van der Waals surface area contributed by atoms with Gasteiger partial charge in [0.15, 0.2) is 5.13 Å². The predicted molar refractivity (Wildman–Crippen MR) is 108 cm³/mol. The summed E-state index contributed by atoms with van der Waals surface area (Å²) in [7, 11) is 0. The number of amides is 1. The number of alkyl halides is 3. The summed E-state index contributed by atoms with van der Waals surface area (Å²) in [5.41, 5.74) is -0.685. The van der Waals surface area contributed by atoms with Gasteiger partial charge in [-0.3, -0.25) is 0 Å². The Labute approximate surface area is 172 Å². The molecule has 0 saturated carbocycles. The molecule has 0 N–H and O–H groups in total. The number of benzene rings is 1. The Bertz CT molecular complexity index is 889. The maximum absolute atomic E-state index is 13.0. The standard InChI is InChI=1S/C20H26F3N3O2S/c1-12(2)15-11-25(18(27)28-19(3,4)5)8-9-26(15)17-24-14-7-6-13(20(21,22)23)10-16(14)29-17/h6-7,10,12,15H,8-9,11H2,1-5H3/t15-/m0/s1. The molecule has 0 spiro atoms. The normalized spacial score (nSPS) is 18.6. The second kappa shape index (κ2) is 7.66. The van der Waals surface area contributed by atoms with Crippen molar-refractivity contribution in [3.63, 3.8) is 0 Å². The molecular formula is C20H26F3N3O2S. The van der Waals surface area contributed by atoms with Crippen molar-refractivity contribution in [1.29, 1.82) is 0 Å². The number of hydrogen-bond donors (Lipinski definition) is 0. The smallest absolute Gasteiger partial charge is 0.416 e. The average molecular weight is 430 g/mol. The van der Waals surface area contributed by atoms with Gasteiger partial charge in [-0.1, -0.05) is 25.2 Å². The zero-order valence-corrected chi connectivity index (χ0v) is 18.0. The molecule has 0 unspecified atom stereocenters. The molecule has 9 heteroatoms. The van der Waals surface area contributed by atoms with Crippen LogP contribution in [0.25, 0.3) is 10.2 Å². The largest absolute Gasteiger partial charge is 0.444 e. The zero-order valence-electron chi connectivity index (χ0n) is 17.2. The minimum absolute atomic E-state index is 0.00100. The van der Waals surface area contributed by atoms with Gasteiger partial charge in [-0.05, 0) is 44.9 Å². The van der Waals surface area contributed by atoms with Crippen molar-refractivity contribution in [2.24, 2.45) is 5.92 Å². The fourth-order valence-electron chi connectivity index (χ4n) is 3.32. The Morgan fingerprint density at radius 2 is 1.93 bits per heavy atom. The zero-order chi connectivity index (χ0) is 21.6. The lowest BCUT2D eigenvalue weighted by Crippen LogP contribution is -2.57. The van der Waals surface area contributed by atoms with Crippen molar-refractivity contribution in [2.75, 3.05) is 24.5 Å². The second-order valence-corrected chi connectivity index (χ2v) is 9.62. The Morgan fingerprint density at radius 3 is 2.52 bits per heavy atom. The maximum Gasteiger partial charge on any atom is 0.416 e. The number of aromatic nitrogens is 1. The summed E-state index contributed by atoms with van der Waals surface area (Å²) in [6, 6.07) is 3.63. The van der Waals surface area contributed by atoms with Crippen LogP contribution < -0.4 is 4.90 Å². The predicted octanol–water partition coefficient (Wildman–Crippen LogP) is 5.40. The topological polar surface area (TPSA) is 45.7 Å². The quantitative estimate of drug-likeness (QED) is 0.642. The summed E-state index contributed by atoms with van der Waals surface area (Å²) in [6.07, 6.45) is -4.72. The molecule has 1 saturated heterocycles. The van der Waals surface area contributed by atoms with Crippen LogP contribution in [0.5, 0.6) is 0 Å². The molecule has 1 aromatic carbocycles. The number of halogens is 3. The van der Waals surface area contributed by atoms with E-state index in [2.05, 4.69) is 23.7 Å². The van der Waals surface area contributed by atoms with Gasteiger partial charge in [0.1, 0.15) is 5.60 Å². The number of carbonyl (C=O) groups excluding carboxylic acids is 1. The third kappa shape index (κ3) is 4.94. The monoisotopic (exact) mass is 429 g/mol. The molecule has 2 aromatic rings. The highest BCUT2D eigenvalue weighted by atomic mass is 32.1. The van der Waals surface area contributed by atoms with Gasteiger partial charge in [0.25, 0.3) is 0 Å². The van der Waals surface area contributed by atoms with Gasteiger partial charge in [-0.15, -0.1) is 0 Å². The minimum Gasteiger partial charge on any atom is -0.444 e. The number of carbonyl (C=O) groups is 1. The first kappa shape index (κ1) is 21.7. The van der Waals surface area contributed by atoms with E-state index in [-0.39, 0.29) is 18.1 Å². The average Bonchev–Trinajstić information content (AvgIpc) is 3.02. The Morgan fingerprint density at radius 1 is 1.24 bits per heavy atom. The lowest BCUT2D eigenvalue weighted by atomic mass is 10.0. The fraction of sp³-hybridized carbons (Fsp3) is 0.600. The molecule has 0 radical (unpaired) electrons. The first-order valence-corrected chi connectivity index (χ1v) is 10.4. The molecule has 5 nitrogen and oxygen atoms in total. The first-order valence-electron chi connectivity index (χ1n) is 9.57. The number of ether oxygens (including phenoxy) is 1. The van der Waals surface area contributed by atoms with E-state index in [1.54, 1.807) is 4.90 Å². The van der Waals surface area contributed by atoms with Crippen molar-refractivity contribution in [2.45, 2.75) is 52.4 Å². The maximum atomic E-state index is 13.0. The van der Waals surface area contributed by atoms with E-state index in [0.717, 1.165) is 12.1 Å². The summed E-state index contributed by atoms with van der Waals surface area (Å²) in [6.45, 7) is 11.1. The minimum atomic E-state index is -4.38. The summed E-state index contributed by atoms with van der Waals surface area (Å²) >= 11 is 1.25. The van der Waals surface area contributed by atoms with E-state index in [4.69, 9.17) is 4.74 Å². The number of rotatable bonds is 2. The molecule has 1 aliphatic rings. The number of nitrogens with zero attached hydrogens (tertiary/aromatic N) is 3.